The number of ether oxygens (including phenoxy) is 1. The van der Waals surface area contributed by atoms with Crippen molar-refractivity contribution in [3.8, 4) is 0 Å². The first kappa shape index (κ1) is 21.4. The molecule has 5 rings (SSSR count). The molecular weight excluding hydrogens is 394 g/mol. The van der Waals surface area contributed by atoms with Crippen molar-refractivity contribution in [3.05, 3.63) is 137 Å². The number of hydrogen-bond donors (Lipinski definition) is 0. The largest absolute Gasteiger partial charge is 0.457 e. The van der Waals surface area contributed by atoms with Crippen molar-refractivity contribution in [1.29, 1.82) is 0 Å². The number of hydrogen-bond acceptors (Lipinski definition) is 3. The maximum atomic E-state index is 10.8. The number of fused-ring (bicyclic) bond motifs is 1. The van der Waals surface area contributed by atoms with Gasteiger partial charge in [0.2, 0.25) is 0 Å². The molecule has 160 valence electrons. The summed E-state index contributed by atoms with van der Waals surface area (Å²) >= 11 is 0. The van der Waals surface area contributed by atoms with Gasteiger partial charge in [0.25, 0.3) is 0 Å². The van der Waals surface area contributed by atoms with Crippen molar-refractivity contribution in [1.82, 2.24) is 0 Å². The van der Waals surface area contributed by atoms with E-state index in [-0.39, 0.29) is 11.9 Å². The minimum absolute atomic E-state index is 0.199. The SMILES string of the molecule is CN(C)c1cccc(C(c2ccccc2)c2ccccc2)c1.O=C1OCc2ccccc21. The molecule has 0 fully saturated rings. The topological polar surface area (TPSA) is 29.5 Å². The fourth-order valence-electron chi connectivity index (χ4n) is 3.92. The Morgan fingerprint density at radius 3 is 1.84 bits per heavy atom. The molecular formula is C29H27NO2. The highest BCUT2D eigenvalue weighted by molar-refractivity contribution is 5.93. The van der Waals surface area contributed by atoms with E-state index in [1.54, 1.807) is 6.07 Å². The summed E-state index contributed by atoms with van der Waals surface area (Å²) in [5.74, 6) is 0.0675. The van der Waals surface area contributed by atoms with E-state index in [0.717, 1.165) is 5.56 Å². The summed E-state index contributed by atoms with van der Waals surface area (Å²) in [5.41, 5.74) is 6.90. The minimum Gasteiger partial charge on any atom is -0.457 e. The number of nitrogens with zero attached hydrogens (tertiary/aromatic N) is 1. The normalized spacial score (nSPS) is 11.9. The number of carbonyl (C=O) groups excluding carboxylic acids is 1. The molecule has 1 aliphatic rings. The lowest BCUT2D eigenvalue weighted by Crippen LogP contribution is -2.10. The zero-order chi connectivity index (χ0) is 22.3. The third-order valence-corrected chi connectivity index (χ3v) is 5.58. The smallest absolute Gasteiger partial charge is 0.338 e. The lowest BCUT2D eigenvalue weighted by molar-refractivity contribution is 0.0535. The van der Waals surface area contributed by atoms with Crippen LogP contribution in [0.1, 0.15) is 38.5 Å². The van der Waals surface area contributed by atoms with Crippen LogP contribution in [-0.4, -0.2) is 20.1 Å². The Balaban J connectivity index is 0.000000203. The zero-order valence-electron chi connectivity index (χ0n) is 18.4. The van der Waals surface area contributed by atoms with Crippen LogP contribution >= 0.6 is 0 Å². The second kappa shape index (κ2) is 9.97. The molecule has 0 amide bonds. The molecule has 3 heteroatoms. The second-order valence-electron chi connectivity index (χ2n) is 7.98. The van der Waals surface area contributed by atoms with Crippen LogP contribution in [-0.2, 0) is 11.3 Å². The molecule has 1 heterocycles. The van der Waals surface area contributed by atoms with E-state index >= 15 is 0 Å². The van der Waals surface area contributed by atoms with Crippen molar-refractivity contribution < 1.29 is 9.53 Å². The Hall–Kier alpha value is -3.85. The van der Waals surface area contributed by atoms with Crippen LogP contribution in [0.25, 0.3) is 0 Å². The predicted molar refractivity (Wildman–Crippen MR) is 130 cm³/mol. The van der Waals surface area contributed by atoms with Crippen molar-refractivity contribution >= 4 is 11.7 Å². The third-order valence-electron chi connectivity index (χ3n) is 5.58. The number of rotatable bonds is 4. The molecule has 0 atom stereocenters. The van der Waals surface area contributed by atoms with Crippen LogP contribution < -0.4 is 4.90 Å². The maximum absolute atomic E-state index is 10.8. The van der Waals surface area contributed by atoms with Gasteiger partial charge >= 0.3 is 5.97 Å². The van der Waals surface area contributed by atoms with E-state index in [0.29, 0.717) is 12.2 Å². The van der Waals surface area contributed by atoms with Crippen LogP contribution in [0.4, 0.5) is 5.69 Å². The molecule has 4 aromatic rings. The number of carbonyl (C=O) groups is 1. The lowest BCUT2D eigenvalue weighted by atomic mass is 9.85. The molecule has 0 spiro atoms. The average molecular weight is 422 g/mol. The Morgan fingerprint density at radius 1 is 0.688 bits per heavy atom. The van der Waals surface area contributed by atoms with Gasteiger partial charge in [-0.3, -0.25) is 0 Å². The number of benzene rings is 4. The van der Waals surface area contributed by atoms with Gasteiger partial charge in [-0.25, -0.2) is 4.79 Å². The first-order valence-electron chi connectivity index (χ1n) is 10.8. The molecule has 1 aliphatic heterocycles. The Bertz CT molecular complexity index is 1130. The fraction of sp³-hybridized carbons (Fsp3) is 0.138. The molecule has 0 aromatic heterocycles. The van der Waals surface area contributed by atoms with Crippen molar-refractivity contribution in [2.75, 3.05) is 19.0 Å². The third kappa shape index (κ3) is 4.89. The van der Waals surface area contributed by atoms with Gasteiger partial charge in [-0.1, -0.05) is 91.0 Å². The summed E-state index contributed by atoms with van der Waals surface area (Å²) < 4.78 is 4.78. The summed E-state index contributed by atoms with van der Waals surface area (Å²) in [5, 5.41) is 0. The van der Waals surface area contributed by atoms with Crippen molar-refractivity contribution in [2.24, 2.45) is 0 Å². The van der Waals surface area contributed by atoms with E-state index in [9.17, 15) is 4.79 Å². The van der Waals surface area contributed by atoms with Crippen LogP contribution in [0.3, 0.4) is 0 Å². The van der Waals surface area contributed by atoms with E-state index < -0.39 is 0 Å². The molecule has 0 saturated carbocycles. The molecule has 0 bridgehead atoms. The van der Waals surface area contributed by atoms with Crippen LogP contribution in [0, 0.1) is 0 Å². The highest BCUT2D eigenvalue weighted by Crippen LogP contribution is 2.33. The number of esters is 1. The molecule has 0 N–H and O–H groups in total. The molecule has 0 aliphatic carbocycles. The summed E-state index contributed by atoms with van der Waals surface area (Å²) in [4.78, 5) is 13.0. The van der Waals surface area contributed by atoms with Gasteiger partial charge in [0, 0.05) is 31.3 Å². The van der Waals surface area contributed by atoms with Crippen LogP contribution in [0.15, 0.2) is 109 Å². The summed E-state index contributed by atoms with van der Waals surface area (Å²) in [7, 11) is 4.16. The molecule has 32 heavy (non-hydrogen) atoms. The standard InChI is InChI=1S/C21H21N.C8H6O2/c1-22(2)20-15-9-14-19(16-20)21(17-10-5-3-6-11-17)18-12-7-4-8-13-18;9-8-7-4-2-1-3-6(7)5-10-8/h3-16,21H,1-2H3;1-4H,5H2. The molecule has 3 nitrogen and oxygen atoms in total. The van der Waals surface area contributed by atoms with Crippen LogP contribution in [0.2, 0.25) is 0 Å². The zero-order valence-corrected chi connectivity index (χ0v) is 18.4. The van der Waals surface area contributed by atoms with Crippen LogP contribution in [0.5, 0.6) is 0 Å². The molecule has 4 aromatic carbocycles. The average Bonchev–Trinajstić information content (AvgIpc) is 3.22. The first-order chi connectivity index (χ1) is 15.6. The molecule has 0 unspecified atom stereocenters. The Labute approximate surface area is 189 Å². The van der Waals surface area contributed by atoms with Gasteiger partial charge in [-0.05, 0) is 34.9 Å². The lowest BCUT2D eigenvalue weighted by Gasteiger charge is -2.21. The van der Waals surface area contributed by atoms with Crippen molar-refractivity contribution in [2.45, 2.75) is 12.5 Å². The Morgan fingerprint density at radius 2 is 1.25 bits per heavy atom. The van der Waals surface area contributed by atoms with E-state index in [1.807, 2.05) is 18.2 Å². The monoisotopic (exact) mass is 421 g/mol. The van der Waals surface area contributed by atoms with Gasteiger partial charge < -0.3 is 9.64 Å². The molecule has 0 saturated heterocycles. The second-order valence-corrected chi connectivity index (χ2v) is 7.98. The van der Waals surface area contributed by atoms with Gasteiger partial charge in [-0.15, -0.1) is 0 Å². The van der Waals surface area contributed by atoms with E-state index in [2.05, 4.69) is 104 Å². The summed E-state index contributed by atoms with van der Waals surface area (Å²) in [6.45, 7) is 0.439. The minimum atomic E-state index is -0.199. The van der Waals surface area contributed by atoms with E-state index in [1.165, 1.54) is 22.4 Å². The van der Waals surface area contributed by atoms with Gasteiger partial charge in [0.05, 0.1) is 5.56 Å². The van der Waals surface area contributed by atoms with Gasteiger partial charge in [0.15, 0.2) is 0 Å². The fourth-order valence-corrected chi connectivity index (χ4v) is 3.92. The predicted octanol–water partition coefficient (Wildman–Crippen LogP) is 6.29. The van der Waals surface area contributed by atoms with E-state index in [4.69, 9.17) is 4.74 Å². The highest BCUT2D eigenvalue weighted by atomic mass is 16.5. The Kier molecular flexibility index (Phi) is 6.66. The first-order valence-corrected chi connectivity index (χ1v) is 10.8. The maximum Gasteiger partial charge on any atom is 0.338 e. The summed E-state index contributed by atoms with van der Waals surface area (Å²) in [6, 6.07) is 37.6. The number of anilines is 1. The quantitative estimate of drug-likeness (QED) is 0.286. The number of cyclic esters (lactones) is 1. The molecule has 0 radical (unpaired) electrons. The van der Waals surface area contributed by atoms with Crippen molar-refractivity contribution in [3.63, 3.8) is 0 Å². The van der Waals surface area contributed by atoms with Gasteiger partial charge in [0.1, 0.15) is 6.61 Å². The highest BCUT2D eigenvalue weighted by Gasteiger charge is 2.19. The van der Waals surface area contributed by atoms with Gasteiger partial charge in [-0.2, -0.15) is 0 Å². The summed E-state index contributed by atoms with van der Waals surface area (Å²) in [6.07, 6.45) is 0.